The van der Waals surface area contributed by atoms with Crippen molar-refractivity contribution in [2.24, 2.45) is 5.92 Å². The molecule has 0 aliphatic rings. The molecule has 70 valence electrons. The van der Waals surface area contributed by atoms with Crippen molar-refractivity contribution >= 4 is 5.97 Å². The number of carbonyl (C=O) groups is 1. The topological polar surface area (TPSA) is 53.9 Å². The summed E-state index contributed by atoms with van der Waals surface area (Å²) < 4.78 is 4.93. The second-order valence-corrected chi connectivity index (χ2v) is 3.10. The molecule has 0 heterocycles. The number of ether oxygens (including phenoxy) is 1. The Labute approximate surface area is 73.6 Å². The van der Waals surface area contributed by atoms with Crippen molar-refractivity contribution in [2.45, 2.75) is 26.3 Å². The van der Waals surface area contributed by atoms with Gasteiger partial charge in [0.05, 0.1) is 6.61 Å². The molecule has 0 spiro atoms. The standard InChI is InChI=1S/C9H17NO2/c1-4-5-6-12-9(11)8(10)7(2)3/h4,7-8H,1,5-6,10H2,2-3H3/p+1/t8-/m0/s1. The molecule has 0 bridgehead atoms. The molecule has 0 aromatic heterocycles. The van der Waals surface area contributed by atoms with Gasteiger partial charge in [-0.3, -0.25) is 0 Å². The molecule has 0 saturated heterocycles. The van der Waals surface area contributed by atoms with E-state index in [4.69, 9.17) is 4.74 Å². The van der Waals surface area contributed by atoms with E-state index in [1.165, 1.54) is 0 Å². The highest BCUT2D eigenvalue weighted by atomic mass is 16.5. The molecule has 0 unspecified atom stereocenters. The van der Waals surface area contributed by atoms with Gasteiger partial charge in [0.15, 0.2) is 6.04 Å². The third kappa shape index (κ3) is 4.13. The van der Waals surface area contributed by atoms with Crippen LogP contribution in [0, 0.1) is 5.92 Å². The highest BCUT2D eigenvalue weighted by molar-refractivity contribution is 5.74. The zero-order valence-electron chi connectivity index (χ0n) is 7.88. The van der Waals surface area contributed by atoms with E-state index in [-0.39, 0.29) is 17.9 Å². The number of hydrogen-bond donors (Lipinski definition) is 1. The van der Waals surface area contributed by atoms with Gasteiger partial charge in [-0.2, -0.15) is 0 Å². The summed E-state index contributed by atoms with van der Waals surface area (Å²) in [4.78, 5) is 11.1. The lowest BCUT2D eigenvalue weighted by molar-refractivity contribution is -0.418. The van der Waals surface area contributed by atoms with Crippen LogP contribution in [-0.4, -0.2) is 18.6 Å². The van der Waals surface area contributed by atoms with Crippen molar-refractivity contribution in [1.82, 2.24) is 0 Å². The molecule has 0 aliphatic heterocycles. The number of carbonyl (C=O) groups excluding carboxylic acids is 1. The molecule has 0 rings (SSSR count). The summed E-state index contributed by atoms with van der Waals surface area (Å²) in [5.74, 6) is 0.0214. The van der Waals surface area contributed by atoms with Crippen molar-refractivity contribution < 1.29 is 15.3 Å². The SMILES string of the molecule is C=CCCOC(=O)[C@@H]([NH3+])C(C)C. The molecular weight excluding hydrogens is 154 g/mol. The van der Waals surface area contributed by atoms with Crippen LogP contribution in [0.15, 0.2) is 12.7 Å². The molecular formula is C9H18NO2+. The van der Waals surface area contributed by atoms with Crippen molar-refractivity contribution in [3.63, 3.8) is 0 Å². The summed E-state index contributed by atoms with van der Waals surface area (Å²) in [6.45, 7) is 7.85. The Hall–Kier alpha value is -0.830. The molecule has 0 amide bonds. The first-order valence-corrected chi connectivity index (χ1v) is 4.20. The molecule has 0 aromatic rings. The van der Waals surface area contributed by atoms with E-state index in [1.807, 2.05) is 13.8 Å². The number of rotatable bonds is 5. The molecule has 1 atom stereocenters. The van der Waals surface area contributed by atoms with Crippen LogP contribution in [0.4, 0.5) is 0 Å². The van der Waals surface area contributed by atoms with E-state index < -0.39 is 0 Å². The van der Waals surface area contributed by atoms with E-state index in [1.54, 1.807) is 6.08 Å². The Bertz CT molecular complexity index is 155. The van der Waals surface area contributed by atoms with Crippen LogP contribution in [0.3, 0.4) is 0 Å². The second-order valence-electron chi connectivity index (χ2n) is 3.10. The zero-order valence-corrected chi connectivity index (χ0v) is 7.88. The lowest BCUT2D eigenvalue weighted by Crippen LogP contribution is -2.67. The number of esters is 1. The average molecular weight is 172 g/mol. The molecule has 3 nitrogen and oxygen atoms in total. The van der Waals surface area contributed by atoms with Gasteiger partial charge in [-0.05, 0) is 6.42 Å². The van der Waals surface area contributed by atoms with Crippen LogP contribution < -0.4 is 5.73 Å². The van der Waals surface area contributed by atoms with E-state index in [0.717, 1.165) is 0 Å². The summed E-state index contributed by atoms with van der Waals surface area (Å²) in [6, 6.07) is -0.255. The predicted molar refractivity (Wildman–Crippen MR) is 47.3 cm³/mol. The van der Waals surface area contributed by atoms with Crippen LogP contribution in [0.1, 0.15) is 20.3 Å². The van der Waals surface area contributed by atoms with Gasteiger partial charge in [0, 0.05) is 5.92 Å². The molecule has 0 aliphatic carbocycles. The van der Waals surface area contributed by atoms with Gasteiger partial charge in [0.1, 0.15) is 0 Å². The molecule has 0 aromatic carbocycles. The van der Waals surface area contributed by atoms with Crippen molar-refractivity contribution in [1.29, 1.82) is 0 Å². The fraction of sp³-hybridized carbons (Fsp3) is 0.667. The Kier molecular flexibility index (Phi) is 5.37. The lowest BCUT2D eigenvalue weighted by Gasteiger charge is -2.10. The summed E-state index contributed by atoms with van der Waals surface area (Å²) in [5.41, 5.74) is 3.72. The van der Waals surface area contributed by atoms with Gasteiger partial charge in [-0.25, -0.2) is 4.79 Å². The molecule has 0 saturated carbocycles. The first-order chi connectivity index (χ1) is 5.59. The van der Waals surface area contributed by atoms with Crippen LogP contribution in [0.2, 0.25) is 0 Å². The van der Waals surface area contributed by atoms with Crippen molar-refractivity contribution in [3.8, 4) is 0 Å². The third-order valence-corrected chi connectivity index (χ3v) is 1.67. The van der Waals surface area contributed by atoms with Crippen molar-refractivity contribution in [2.75, 3.05) is 6.61 Å². The van der Waals surface area contributed by atoms with Gasteiger partial charge in [0.2, 0.25) is 0 Å². The fourth-order valence-corrected chi connectivity index (χ4v) is 0.622. The largest absolute Gasteiger partial charge is 0.461 e. The van der Waals surface area contributed by atoms with Crippen LogP contribution >= 0.6 is 0 Å². The maximum atomic E-state index is 11.1. The highest BCUT2D eigenvalue weighted by Gasteiger charge is 2.22. The van der Waals surface area contributed by atoms with Gasteiger partial charge < -0.3 is 10.5 Å². The van der Waals surface area contributed by atoms with Gasteiger partial charge in [-0.1, -0.05) is 19.9 Å². The van der Waals surface area contributed by atoms with Crippen LogP contribution in [-0.2, 0) is 9.53 Å². The van der Waals surface area contributed by atoms with Crippen LogP contribution in [0.25, 0.3) is 0 Å². The van der Waals surface area contributed by atoms with E-state index >= 15 is 0 Å². The summed E-state index contributed by atoms with van der Waals surface area (Å²) >= 11 is 0. The highest BCUT2D eigenvalue weighted by Crippen LogP contribution is 1.98. The quantitative estimate of drug-likeness (QED) is 0.370. The number of hydrogen-bond acceptors (Lipinski definition) is 2. The summed E-state index contributed by atoms with van der Waals surface area (Å²) in [5, 5.41) is 0. The molecule has 3 N–H and O–H groups in total. The smallest absolute Gasteiger partial charge is 0.365 e. The minimum absolute atomic E-state index is 0.216. The minimum atomic E-state index is -0.255. The molecule has 12 heavy (non-hydrogen) atoms. The fourth-order valence-electron chi connectivity index (χ4n) is 0.622. The Balaban J connectivity index is 3.64. The Morgan fingerprint density at radius 1 is 1.67 bits per heavy atom. The zero-order chi connectivity index (χ0) is 9.56. The number of quaternary nitrogens is 1. The molecule has 0 radical (unpaired) electrons. The third-order valence-electron chi connectivity index (χ3n) is 1.67. The van der Waals surface area contributed by atoms with Gasteiger partial charge in [0.25, 0.3) is 0 Å². The lowest BCUT2D eigenvalue weighted by atomic mass is 10.1. The Morgan fingerprint density at radius 3 is 2.67 bits per heavy atom. The van der Waals surface area contributed by atoms with Crippen LogP contribution in [0.5, 0.6) is 0 Å². The average Bonchev–Trinajstić information content (AvgIpc) is 2.03. The normalized spacial score (nSPS) is 12.7. The second kappa shape index (κ2) is 5.77. The maximum absolute atomic E-state index is 11.1. The minimum Gasteiger partial charge on any atom is -0.461 e. The first-order valence-electron chi connectivity index (χ1n) is 4.20. The Morgan fingerprint density at radius 2 is 2.25 bits per heavy atom. The monoisotopic (exact) mass is 172 g/mol. The summed E-state index contributed by atoms with van der Waals surface area (Å²) in [7, 11) is 0. The summed E-state index contributed by atoms with van der Waals surface area (Å²) in [6.07, 6.45) is 2.43. The van der Waals surface area contributed by atoms with E-state index in [2.05, 4.69) is 12.3 Å². The molecule has 3 heteroatoms. The van der Waals surface area contributed by atoms with Crippen molar-refractivity contribution in [3.05, 3.63) is 12.7 Å². The van der Waals surface area contributed by atoms with E-state index in [0.29, 0.717) is 13.0 Å². The molecule has 0 fully saturated rings. The predicted octanol–water partition coefficient (Wildman–Crippen LogP) is 0.372. The first kappa shape index (κ1) is 11.2. The maximum Gasteiger partial charge on any atom is 0.365 e. The van der Waals surface area contributed by atoms with Gasteiger partial charge >= 0.3 is 5.97 Å². The van der Waals surface area contributed by atoms with Gasteiger partial charge in [-0.15, -0.1) is 6.58 Å². The van der Waals surface area contributed by atoms with E-state index in [9.17, 15) is 4.79 Å².